The van der Waals surface area contributed by atoms with E-state index in [0.717, 1.165) is 19.3 Å². The number of ether oxygens (including phenoxy) is 2. The van der Waals surface area contributed by atoms with Crippen molar-refractivity contribution in [3.8, 4) is 11.5 Å². The fraction of sp³-hybridized carbons (Fsp3) is 0.333. The second kappa shape index (κ2) is 6.18. The smallest absolute Gasteiger partial charge is 0.314 e. The summed E-state index contributed by atoms with van der Waals surface area (Å²) in [6.45, 7) is 1.33. The van der Waals surface area contributed by atoms with E-state index in [0.29, 0.717) is 11.5 Å². The minimum absolute atomic E-state index is 0.0811. The molecule has 0 N–H and O–H groups in total. The molecule has 1 atom stereocenters. The van der Waals surface area contributed by atoms with E-state index in [1.165, 1.54) is 13.0 Å². The highest BCUT2D eigenvalue weighted by Crippen LogP contribution is 2.24. The summed E-state index contributed by atoms with van der Waals surface area (Å²) in [6.07, 6.45) is 6.53. The molecule has 4 nitrogen and oxygen atoms in total. The lowest BCUT2D eigenvalue weighted by atomic mass is 9.95. The van der Waals surface area contributed by atoms with Crippen LogP contribution in [0, 0.1) is 5.92 Å². The average molecular weight is 260 g/mol. The molecule has 2 rings (SSSR count). The Balaban J connectivity index is 2.00. The second-order valence-electron chi connectivity index (χ2n) is 4.47. The van der Waals surface area contributed by atoms with Gasteiger partial charge in [-0.15, -0.1) is 0 Å². The third-order valence-corrected chi connectivity index (χ3v) is 2.89. The van der Waals surface area contributed by atoms with Gasteiger partial charge in [-0.3, -0.25) is 9.59 Å². The molecule has 0 fully saturated rings. The molecular formula is C15H16O4. The number of hydrogen-bond donors (Lipinski definition) is 0. The molecule has 1 aromatic rings. The first-order valence-electron chi connectivity index (χ1n) is 6.30. The molecule has 0 spiro atoms. The van der Waals surface area contributed by atoms with Gasteiger partial charge in [0.05, 0.1) is 5.92 Å². The van der Waals surface area contributed by atoms with Crippen LogP contribution in [0.4, 0.5) is 0 Å². The van der Waals surface area contributed by atoms with E-state index >= 15 is 0 Å². The van der Waals surface area contributed by atoms with E-state index in [9.17, 15) is 9.59 Å². The Kier molecular flexibility index (Phi) is 4.34. The van der Waals surface area contributed by atoms with Gasteiger partial charge in [-0.2, -0.15) is 0 Å². The zero-order chi connectivity index (χ0) is 13.7. The molecule has 4 heteroatoms. The maximum atomic E-state index is 11.9. The Morgan fingerprint density at radius 1 is 1.16 bits per heavy atom. The molecular weight excluding hydrogens is 244 g/mol. The molecule has 0 bridgehead atoms. The molecule has 1 unspecified atom stereocenters. The molecule has 0 saturated carbocycles. The lowest BCUT2D eigenvalue weighted by Gasteiger charge is -2.16. The first kappa shape index (κ1) is 13.3. The average Bonchev–Trinajstić information content (AvgIpc) is 2.39. The highest BCUT2D eigenvalue weighted by molar-refractivity contribution is 5.76. The fourth-order valence-electron chi connectivity index (χ4n) is 1.97. The molecule has 0 saturated heterocycles. The van der Waals surface area contributed by atoms with Gasteiger partial charge >= 0.3 is 11.9 Å². The van der Waals surface area contributed by atoms with Crippen molar-refractivity contribution in [1.82, 2.24) is 0 Å². The third kappa shape index (κ3) is 3.95. The van der Waals surface area contributed by atoms with Gasteiger partial charge in [0.15, 0.2) is 0 Å². The Labute approximate surface area is 112 Å². The van der Waals surface area contributed by atoms with E-state index in [4.69, 9.17) is 9.47 Å². The van der Waals surface area contributed by atoms with Crippen LogP contribution >= 0.6 is 0 Å². The summed E-state index contributed by atoms with van der Waals surface area (Å²) in [6, 6.07) is 6.53. The molecule has 19 heavy (non-hydrogen) atoms. The van der Waals surface area contributed by atoms with Gasteiger partial charge in [0.2, 0.25) is 0 Å². The van der Waals surface area contributed by atoms with Gasteiger partial charge < -0.3 is 9.47 Å². The van der Waals surface area contributed by atoms with Gasteiger partial charge in [-0.25, -0.2) is 0 Å². The van der Waals surface area contributed by atoms with Gasteiger partial charge in [0, 0.05) is 13.0 Å². The lowest BCUT2D eigenvalue weighted by Crippen LogP contribution is -2.21. The summed E-state index contributed by atoms with van der Waals surface area (Å²) >= 11 is 0. The van der Waals surface area contributed by atoms with Crippen molar-refractivity contribution in [1.29, 1.82) is 0 Å². The van der Waals surface area contributed by atoms with E-state index in [1.807, 2.05) is 6.08 Å². The quantitative estimate of drug-likeness (QED) is 0.476. The number of allylic oxidation sites excluding steroid dienone is 2. The van der Waals surface area contributed by atoms with Gasteiger partial charge in [-0.1, -0.05) is 18.2 Å². The van der Waals surface area contributed by atoms with Crippen molar-refractivity contribution in [2.24, 2.45) is 5.92 Å². The maximum Gasteiger partial charge on any atom is 0.314 e. The predicted octanol–water partition coefficient (Wildman–Crippen LogP) is 2.87. The SMILES string of the molecule is CC(=O)Oc1cccc(OC(=O)C2CC=CCC2)c1. The van der Waals surface area contributed by atoms with Crippen LogP contribution in [0.2, 0.25) is 0 Å². The molecule has 0 heterocycles. The molecule has 1 aliphatic carbocycles. The molecule has 0 amide bonds. The summed E-state index contributed by atoms with van der Waals surface area (Å²) in [7, 11) is 0. The predicted molar refractivity (Wildman–Crippen MR) is 69.9 cm³/mol. The molecule has 1 aromatic carbocycles. The number of rotatable bonds is 3. The van der Waals surface area contributed by atoms with Crippen LogP contribution in [0.1, 0.15) is 26.2 Å². The van der Waals surface area contributed by atoms with Crippen LogP contribution in [0.25, 0.3) is 0 Å². The van der Waals surface area contributed by atoms with Crippen molar-refractivity contribution in [2.75, 3.05) is 0 Å². The Bertz CT molecular complexity index is 505. The van der Waals surface area contributed by atoms with Crippen molar-refractivity contribution >= 4 is 11.9 Å². The van der Waals surface area contributed by atoms with Crippen LogP contribution < -0.4 is 9.47 Å². The van der Waals surface area contributed by atoms with Gasteiger partial charge in [0.1, 0.15) is 11.5 Å². The number of esters is 2. The van der Waals surface area contributed by atoms with Crippen molar-refractivity contribution < 1.29 is 19.1 Å². The monoisotopic (exact) mass is 260 g/mol. The van der Waals surface area contributed by atoms with Crippen molar-refractivity contribution in [3.05, 3.63) is 36.4 Å². The van der Waals surface area contributed by atoms with Gasteiger partial charge in [-0.05, 0) is 31.4 Å². The highest BCUT2D eigenvalue weighted by atomic mass is 16.5. The minimum Gasteiger partial charge on any atom is -0.427 e. The molecule has 1 aliphatic rings. The second-order valence-corrected chi connectivity index (χ2v) is 4.47. The molecule has 0 aromatic heterocycles. The molecule has 100 valence electrons. The maximum absolute atomic E-state index is 11.9. The van der Waals surface area contributed by atoms with Crippen LogP contribution in [-0.4, -0.2) is 11.9 Å². The van der Waals surface area contributed by atoms with E-state index in [1.54, 1.807) is 18.2 Å². The lowest BCUT2D eigenvalue weighted by molar-refractivity contribution is -0.139. The zero-order valence-corrected chi connectivity index (χ0v) is 10.8. The Hall–Kier alpha value is -2.10. The third-order valence-electron chi connectivity index (χ3n) is 2.89. The summed E-state index contributed by atoms with van der Waals surface area (Å²) in [5, 5.41) is 0. The van der Waals surface area contributed by atoms with Crippen molar-refractivity contribution in [3.63, 3.8) is 0 Å². The topological polar surface area (TPSA) is 52.6 Å². The standard InChI is InChI=1S/C15H16O4/c1-11(16)18-13-8-5-9-14(10-13)19-15(17)12-6-3-2-4-7-12/h2-3,5,8-10,12H,4,6-7H2,1H3. The van der Waals surface area contributed by atoms with E-state index in [-0.39, 0.29) is 11.9 Å². The summed E-state index contributed by atoms with van der Waals surface area (Å²) in [5.41, 5.74) is 0. The minimum atomic E-state index is -0.402. The normalized spacial score (nSPS) is 17.8. The number of hydrogen-bond acceptors (Lipinski definition) is 4. The first-order valence-corrected chi connectivity index (χ1v) is 6.30. The highest BCUT2D eigenvalue weighted by Gasteiger charge is 2.20. The van der Waals surface area contributed by atoms with Crippen molar-refractivity contribution in [2.45, 2.75) is 26.2 Å². The first-order chi connectivity index (χ1) is 9.15. The summed E-state index contributed by atoms with van der Waals surface area (Å²) in [4.78, 5) is 22.8. The van der Waals surface area contributed by atoms with Crippen LogP contribution in [0.5, 0.6) is 11.5 Å². The summed E-state index contributed by atoms with van der Waals surface area (Å²) < 4.78 is 10.3. The zero-order valence-electron chi connectivity index (χ0n) is 10.8. The largest absolute Gasteiger partial charge is 0.427 e. The van der Waals surface area contributed by atoms with Crippen LogP contribution in [-0.2, 0) is 9.59 Å². The Morgan fingerprint density at radius 2 is 1.89 bits per heavy atom. The Morgan fingerprint density at radius 3 is 2.53 bits per heavy atom. The van der Waals surface area contributed by atoms with Crippen LogP contribution in [0.3, 0.4) is 0 Å². The summed E-state index contributed by atoms with van der Waals surface area (Å²) in [5.74, 6) is 0.0623. The number of benzene rings is 1. The van der Waals surface area contributed by atoms with E-state index in [2.05, 4.69) is 6.08 Å². The molecule has 0 aliphatic heterocycles. The van der Waals surface area contributed by atoms with Gasteiger partial charge in [0.25, 0.3) is 0 Å². The molecule has 0 radical (unpaired) electrons. The van der Waals surface area contributed by atoms with Crippen LogP contribution in [0.15, 0.2) is 36.4 Å². The fourth-order valence-corrected chi connectivity index (χ4v) is 1.97. The van der Waals surface area contributed by atoms with E-state index < -0.39 is 5.97 Å². The number of carbonyl (C=O) groups is 2. The number of carbonyl (C=O) groups excluding carboxylic acids is 2.